The van der Waals surface area contributed by atoms with Crippen LogP contribution in [0.4, 0.5) is 0 Å². The normalized spacial score (nSPS) is 10.4. The number of amides is 1. The molecule has 100 valence electrons. The molecule has 6 nitrogen and oxygen atoms in total. The van der Waals surface area contributed by atoms with E-state index >= 15 is 0 Å². The van der Waals surface area contributed by atoms with Gasteiger partial charge in [-0.15, -0.1) is 10.2 Å². The third-order valence-corrected chi connectivity index (χ3v) is 3.50. The summed E-state index contributed by atoms with van der Waals surface area (Å²) in [6.07, 6.45) is 0.830. The molecule has 0 fully saturated rings. The lowest BCUT2D eigenvalue weighted by atomic mass is 10.3. The highest BCUT2D eigenvalue weighted by atomic mass is 32.1. The van der Waals surface area contributed by atoms with Crippen molar-refractivity contribution in [1.29, 1.82) is 0 Å². The van der Waals surface area contributed by atoms with Gasteiger partial charge in [-0.2, -0.15) is 0 Å². The van der Waals surface area contributed by atoms with Gasteiger partial charge in [0, 0.05) is 17.8 Å². The zero-order chi connectivity index (χ0) is 13.8. The Hall–Kier alpha value is -2.02. The summed E-state index contributed by atoms with van der Waals surface area (Å²) in [6.45, 7) is 4.04. The fourth-order valence-electron chi connectivity index (χ4n) is 1.56. The maximum Gasteiger partial charge on any atom is 0.268 e. The van der Waals surface area contributed by atoms with Crippen molar-refractivity contribution >= 4 is 17.2 Å². The van der Waals surface area contributed by atoms with E-state index in [4.69, 9.17) is 0 Å². The Bertz CT molecular complexity index is 647. The summed E-state index contributed by atoms with van der Waals surface area (Å²) in [6, 6.07) is 2.72. The number of nitrogens with zero attached hydrogens (tertiary/aromatic N) is 2. The molecular formula is C12H14N4O2S. The first-order valence-corrected chi connectivity index (χ1v) is 6.70. The maximum absolute atomic E-state index is 11.9. The smallest absolute Gasteiger partial charge is 0.268 e. The van der Waals surface area contributed by atoms with Crippen molar-refractivity contribution in [3.63, 3.8) is 0 Å². The molecule has 0 bridgehead atoms. The Morgan fingerprint density at radius 1 is 1.37 bits per heavy atom. The molecule has 2 aromatic rings. The van der Waals surface area contributed by atoms with Crippen LogP contribution in [-0.4, -0.2) is 21.1 Å². The Morgan fingerprint density at radius 2 is 2.11 bits per heavy atom. The molecule has 2 heterocycles. The molecule has 1 amide bonds. The van der Waals surface area contributed by atoms with Gasteiger partial charge in [0.05, 0.1) is 6.54 Å². The van der Waals surface area contributed by atoms with Crippen molar-refractivity contribution in [2.24, 2.45) is 0 Å². The third kappa shape index (κ3) is 3.47. The first-order valence-electron chi connectivity index (χ1n) is 5.89. The molecule has 0 spiro atoms. The van der Waals surface area contributed by atoms with Crippen molar-refractivity contribution in [3.05, 3.63) is 43.8 Å². The van der Waals surface area contributed by atoms with Gasteiger partial charge in [-0.3, -0.25) is 9.59 Å². The molecule has 2 N–H and O–H groups in total. The lowest BCUT2D eigenvalue weighted by Crippen LogP contribution is -2.25. The zero-order valence-corrected chi connectivity index (χ0v) is 11.5. The zero-order valence-electron chi connectivity index (χ0n) is 10.7. The summed E-state index contributed by atoms with van der Waals surface area (Å²) in [5, 5.41) is 12.3. The Labute approximate surface area is 113 Å². The van der Waals surface area contributed by atoms with Gasteiger partial charge in [-0.1, -0.05) is 18.3 Å². The van der Waals surface area contributed by atoms with Crippen LogP contribution in [0.3, 0.4) is 0 Å². The highest BCUT2D eigenvalue weighted by Crippen LogP contribution is 2.09. The van der Waals surface area contributed by atoms with Gasteiger partial charge < -0.3 is 10.3 Å². The second kappa shape index (κ2) is 5.75. The van der Waals surface area contributed by atoms with Crippen LogP contribution in [0.2, 0.25) is 0 Å². The molecule has 0 aliphatic heterocycles. The van der Waals surface area contributed by atoms with Crippen molar-refractivity contribution in [1.82, 2.24) is 20.5 Å². The van der Waals surface area contributed by atoms with E-state index < -0.39 is 0 Å². The van der Waals surface area contributed by atoms with Crippen LogP contribution >= 0.6 is 11.3 Å². The predicted octanol–water partition coefficient (Wildman–Crippen LogP) is 1.03. The highest BCUT2D eigenvalue weighted by Gasteiger charge is 2.09. The second-order valence-corrected chi connectivity index (χ2v) is 5.19. The van der Waals surface area contributed by atoms with Crippen molar-refractivity contribution in [2.45, 2.75) is 26.8 Å². The fraction of sp³-hybridized carbons (Fsp3) is 0.333. The Morgan fingerprint density at radius 3 is 2.74 bits per heavy atom. The standard InChI is InChI=1S/C12H14N4O2S/c1-3-10-15-16-11(19-10)6-13-12(18)9-5-8(17)4-7(2)14-9/h4-5H,3,6H2,1-2H3,(H,13,18)(H,14,17). The van der Waals surface area contributed by atoms with Crippen LogP contribution in [-0.2, 0) is 13.0 Å². The summed E-state index contributed by atoms with van der Waals surface area (Å²) in [5.74, 6) is -0.325. The van der Waals surface area contributed by atoms with Gasteiger partial charge in [0.2, 0.25) is 0 Å². The molecule has 0 atom stereocenters. The van der Waals surface area contributed by atoms with E-state index in [2.05, 4.69) is 20.5 Å². The average molecular weight is 278 g/mol. The second-order valence-electron chi connectivity index (χ2n) is 4.04. The van der Waals surface area contributed by atoms with E-state index in [0.29, 0.717) is 12.2 Å². The Balaban J connectivity index is 2.03. The number of pyridine rings is 1. The predicted molar refractivity (Wildman–Crippen MR) is 72.3 cm³/mol. The molecule has 0 saturated heterocycles. The van der Waals surface area contributed by atoms with E-state index in [1.807, 2.05) is 6.92 Å². The van der Waals surface area contributed by atoms with E-state index in [0.717, 1.165) is 16.4 Å². The summed E-state index contributed by atoms with van der Waals surface area (Å²) in [5.41, 5.74) is 0.720. The van der Waals surface area contributed by atoms with Crippen LogP contribution in [0, 0.1) is 6.92 Å². The number of rotatable bonds is 4. The van der Waals surface area contributed by atoms with Crippen LogP contribution in [0.15, 0.2) is 16.9 Å². The monoisotopic (exact) mass is 278 g/mol. The number of H-pyrrole nitrogens is 1. The van der Waals surface area contributed by atoms with Crippen molar-refractivity contribution in [2.75, 3.05) is 0 Å². The van der Waals surface area contributed by atoms with Gasteiger partial charge in [0.25, 0.3) is 5.91 Å². The summed E-state index contributed by atoms with van der Waals surface area (Å²) in [7, 11) is 0. The van der Waals surface area contributed by atoms with Crippen molar-refractivity contribution in [3.8, 4) is 0 Å². The number of carbonyl (C=O) groups is 1. The molecule has 0 aliphatic carbocycles. The van der Waals surface area contributed by atoms with Crippen LogP contribution in [0.1, 0.15) is 33.1 Å². The van der Waals surface area contributed by atoms with Gasteiger partial charge in [0.1, 0.15) is 15.7 Å². The third-order valence-electron chi connectivity index (χ3n) is 2.43. The van der Waals surface area contributed by atoms with E-state index in [1.54, 1.807) is 6.92 Å². The van der Waals surface area contributed by atoms with Crippen LogP contribution < -0.4 is 10.7 Å². The van der Waals surface area contributed by atoms with E-state index in [1.165, 1.54) is 23.5 Å². The number of aryl methyl sites for hydroxylation is 2. The minimum atomic E-state index is -0.325. The molecule has 0 unspecified atom stereocenters. The molecule has 19 heavy (non-hydrogen) atoms. The molecule has 0 saturated carbocycles. The Kier molecular flexibility index (Phi) is 4.06. The quantitative estimate of drug-likeness (QED) is 0.874. The van der Waals surface area contributed by atoms with Gasteiger partial charge >= 0.3 is 0 Å². The van der Waals surface area contributed by atoms with E-state index in [-0.39, 0.29) is 17.0 Å². The molecule has 2 rings (SSSR count). The molecule has 0 radical (unpaired) electrons. The van der Waals surface area contributed by atoms with Crippen molar-refractivity contribution < 1.29 is 4.79 Å². The fourth-order valence-corrected chi connectivity index (χ4v) is 2.28. The first-order chi connectivity index (χ1) is 9.08. The molecular weight excluding hydrogens is 264 g/mol. The summed E-state index contributed by atoms with van der Waals surface area (Å²) >= 11 is 1.47. The highest BCUT2D eigenvalue weighted by molar-refractivity contribution is 7.11. The molecule has 0 aliphatic rings. The number of hydrogen-bond donors (Lipinski definition) is 2. The SMILES string of the molecule is CCc1nnc(CNC(=O)c2cc(=O)cc(C)[nH]2)s1. The lowest BCUT2D eigenvalue weighted by Gasteiger charge is -2.03. The number of nitrogens with one attached hydrogen (secondary N) is 2. The van der Waals surface area contributed by atoms with Gasteiger partial charge in [-0.05, 0) is 13.3 Å². The summed E-state index contributed by atoms with van der Waals surface area (Å²) < 4.78 is 0. The number of aromatic amines is 1. The first kappa shape index (κ1) is 13.4. The van der Waals surface area contributed by atoms with Gasteiger partial charge in [-0.25, -0.2) is 0 Å². The largest absolute Gasteiger partial charge is 0.354 e. The van der Waals surface area contributed by atoms with E-state index in [9.17, 15) is 9.59 Å². The average Bonchev–Trinajstić information content (AvgIpc) is 2.82. The van der Waals surface area contributed by atoms with Crippen LogP contribution in [0.25, 0.3) is 0 Å². The lowest BCUT2D eigenvalue weighted by molar-refractivity contribution is 0.0945. The van der Waals surface area contributed by atoms with Crippen LogP contribution in [0.5, 0.6) is 0 Å². The topological polar surface area (TPSA) is 87.7 Å². The minimum absolute atomic E-state index is 0.189. The molecule has 0 aromatic carbocycles. The molecule has 2 aromatic heterocycles. The number of hydrogen-bond acceptors (Lipinski definition) is 5. The summed E-state index contributed by atoms with van der Waals surface area (Å²) in [4.78, 5) is 26.0. The number of aromatic nitrogens is 3. The van der Waals surface area contributed by atoms with Gasteiger partial charge in [0.15, 0.2) is 5.43 Å². The molecule has 7 heteroatoms. The minimum Gasteiger partial charge on any atom is -0.354 e. The maximum atomic E-state index is 11.9. The number of carbonyl (C=O) groups excluding carboxylic acids is 1.